The van der Waals surface area contributed by atoms with Crippen LogP contribution in [0.2, 0.25) is 0 Å². The minimum atomic E-state index is -0.761. The summed E-state index contributed by atoms with van der Waals surface area (Å²) in [5, 5.41) is 14.1. The van der Waals surface area contributed by atoms with Crippen molar-refractivity contribution in [1.82, 2.24) is 10.3 Å². The zero-order chi connectivity index (χ0) is 19.4. The number of carbonyl (C=O) groups excluding carboxylic acids is 2. The van der Waals surface area contributed by atoms with Gasteiger partial charge in [-0.05, 0) is 30.3 Å². The molecule has 0 saturated carbocycles. The second-order valence-corrected chi connectivity index (χ2v) is 5.78. The molecule has 0 spiro atoms. The predicted molar refractivity (Wildman–Crippen MR) is 98.8 cm³/mol. The number of para-hydroxylation sites is 1. The van der Waals surface area contributed by atoms with Gasteiger partial charge in [0.05, 0.1) is 19.3 Å². The number of rotatable bonds is 5. The third-order valence-corrected chi connectivity index (χ3v) is 3.89. The Bertz CT molecular complexity index is 1000. The Hall–Kier alpha value is -3.61. The molecule has 0 radical (unpaired) electrons. The first-order valence-corrected chi connectivity index (χ1v) is 8.21. The molecule has 0 aliphatic heterocycles. The van der Waals surface area contributed by atoms with Crippen molar-refractivity contribution in [2.45, 2.75) is 13.5 Å². The summed E-state index contributed by atoms with van der Waals surface area (Å²) in [5.74, 6) is -0.0967. The van der Waals surface area contributed by atoms with Crippen molar-refractivity contribution in [3.05, 3.63) is 59.9 Å². The minimum absolute atomic E-state index is 0.0882. The molecule has 7 nitrogen and oxygen atoms in total. The van der Waals surface area contributed by atoms with Crippen LogP contribution in [0, 0.1) is 0 Å². The summed E-state index contributed by atoms with van der Waals surface area (Å²) in [6, 6.07) is 14.2. The summed E-state index contributed by atoms with van der Waals surface area (Å²) in [4.78, 5) is 27.4. The van der Waals surface area contributed by atoms with Crippen molar-refractivity contribution in [2.24, 2.45) is 0 Å². The van der Waals surface area contributed by atoms with Crippen molar-refractivity contribution in [3.63, 3.8) is 0 Å². The number of pyridine rings is 1. The molecule has 7 heteroatoms. The molecule has 1 amide bonds. The fourth-order valence-electron chi connectivity index (χ4n) is 2.61. The fourth-order valence-corrected chi connectivity index (χ4v) is 2.61. The highest BCUT2D eigenvalue weighted by molar-refractivity contribution is 6.00. The van der Waals surface area contributed by atoms with E-state index in [1.165, 1.54) is 14.0 Å². The number of ether oxygens (including phenoxy) is 2. The van der Waals surface area contributed by atoms with Gasteiger partial charge in [-0.15, -0.1) is 0 Å². The molecular weight excluding hydrogens is 348 g/mol. The lowest BCUT2D eigenvalue weighted by atomic mass is 10.1. The maximum atomic E-state index is 11.9. The SMILES string of the molecule is COC(=O)c1nc(CNC(C)=O)c2cc(Oc3ccccc3)ccc2c1O. The maximum Gasteiger partial charge on any atom is 0.360 e. The fraction of sp³-hybridized carbons (Fsp3) is 0.150. The molecule has 3 aromatic rings. The number of hydrogen-bond acceptors (Lipinski definition) is 6. The molecule has 1 aromatic heterocycles. The van der Waals surface area contributed by atoms with Gasteiger partial charge < -0.3 is 19.9 Å². The first-order valence-electron chi connectivity index (χ1n) is 8.21. The van der Waals surface area contributed by atoms with E-state index in [0.717, 1.165) is 0 Å². The van der Waals surface area contributed by atoms with Crippen LogP contribution in [0.5, 0.6) is 17.2 Å². The van der Waals surface area contributed by atoms with Gasteiger partial charge in [0.25, 0.3) is 0 Å². The summed E-state index contributed by atoms with van der Waals surface area (Å²) in [5.41, 5.74) is 0.207. The van der Waals surface area contributed by atoms with E-state index < -0.39 is 5.97 Å². The molecule has 0 atom stereocenters. The highest BCUT2D eigenvalue weighted by Gasteiger charge is 2.20. The highest BCUT2D eigenvalue weighted by atomic mass is 16.5. The van der Waals surface area contributed by atoms with Gasteiger partial charge in [0.2, 0.25) is 5.91 Å². The Labute approximate surface area is 155 Å². The predicted octanol–water partition coefficient (Wildman–Crippen LogP) is 3.16. The van der Waals surface area contributed by atoms with Crippen molar-refractivity contribution < 1.29 is 24.2 Å². The number of aromatic nitrogens is 1. The van der Waals surface area contributed by atoms with Crippen molar-refractivity contribution in [1.29, 1.82) is 0 Å². The van der Waals surface area contributed by atoms with Crippen molar-refractivity contribution in [2.75, 3.05) is 7.11 Å². The van der Waals surface area contributed by atoms with E-state index in [2.05, 4.69) is 15.0 Å². The summed E-state index contributed by atoms with van der Waals surface area (Å²) in [7, 11) is 1.21. The quantitative estimate of drug-likeness (QED) is 0.673. The largest absolute Gasteiger partial charge is 0.505 e. The van der Waals surface area contributed by atoms with E-state index >= 15 is 0 Å². The van der Waals surface area contributed by atoms with Crippen LogP contribution < -0.4 is 10.1 Å². The number of hydrogen-bond donors (Lipinski definition) is 2. The molecule has 1 heterocycles. The van der Waals surface area contributed by atoms with Gasteiger partial charge in [0, 0.05) is 17.7 Å². The Balaban J connectivity index is 2.10. The molecule has 0 unspecified atom stereocenters. The van der Waals surface area contributed by atoms with E-state index in [4.69, 9.17) is 4.74 Å². The summed E-state index contributed by atoms with van der Waals surface area (Å²) < 4.78 is 10.5. The van der Waals surface area contributed by atoms with Crippen LogP contribution in [0.25, 0.3) is 10.8 Å². The van der Waals surface area contributed by atoms with E-state index in [1.54, 1.807) is 18.2 Å². The third-order valence-electron chi connectivity index (χ3n) is 3.89. The average Bonchev–Trinajstić information content (AvgIpc) is 2.67. The van der Waals surface area contributed by atoms with Crippen LogP contribution in [-0.4, -0.2) is 29.1 Å². The summed E-state index contributed by atoms with van der Waals surface area (Å²) in [6.45, 7) is 1.47. The number of aromatic hydroxyl groups is 1. The summed E-state index contributed by atoms with van der Waals surface area (Å²) >= 11 is 0. The molecule has 0 aliphatic rings. The van der Waals surface area contributed by atoms with Gasteiger partial charge in [0.15, 0.2) is 11.4 Å². The minimum Gasteiger partial charge on any atom is -0.505 e. The maximum absolute atomic E-state index is 11.9. The van der Waals surface area contributed by atoms with Gasteiger partial charge in [-0.2, -0.15) is 0 Å². The number of fused-ring (bicyclic) bond motifs is 1. The Morgan fingerprint density at radius 1 is 1.07 bits per heavy atom. The van der Waals surface area contributed by atoms with E-state index in [-0.39, 0.29) is 23.9 Å². The third kappa shape index (κ3) is 3.98. The Morgan fingerprint density at radius 3 is 2.48 bits per heavy atom. The second-order valence-electron chi connectivity index (χ2n) is 5.78. The van der Waals surface area contributed by atoms with Gasteiger partial charge in [-0.25, -0.2) is 9.78 Å². The number of carbonyl (C=O) groups is 2. The Morgan fingerprint density at radius 2 is 1.81 bits per heavy atom. The van der Waals surface area contributed by atoms with E-state index in [1.807, 2.05) is 30.3 Å². The average molecular weight is 366 g/mol. The van der Waals surface area contributed by atoms with Crippen LogP contribution in [-0.2, 0) is 16.1 Å². The Kier molecular flexibility index (Phi) is 5.21. The summed E-state index contributed by atoms with van der Waals surface area (Å²) in [6.07, 6.45) is 0. The highest BCUT2D eigenvalue weighted by Crippen LogP contribution is 2.34. The molecule has 27 heavy (non-hydrogen) atoms. The van der Waals surface area contributed by atoms with Gasteiger partial charge >= 0.3 is 5.97 Å². The van der Waals surface area contributed by atoms with Crippen molar-refractivity contribution >= 4 is 22.6 Å². The molecular formula is C20H18N2O5. The van der Waals surface area contributed by atoms with Crippen LogP contribution in [0.3, 0.4) is 0 Å². The standard InChI is InChI=1S/C20H18N2O5/c1-12(23)21-11-17-16-10-14(27-13-6-4-3-5-7-13)8-9-15(16)19(24)18(22-17)20(25)26-2/h3-10,24H,11H2,1-2H3,(H,21,23). The van der Waals surface area contributed by atoms with Crippen LogP contribution in [0.4, 0.5) is 0 Å². The smallest absolute Gasteiger partial charge is 0.360 e. The lowest BCUT2D eigenvalue weighted by molar-refractivity contribution is -0.119. The van der Waals surface area contributed by atoms with E-state index in [9.17, 15) is 14.7 Å². The number of nitrogens with zero attached hydrogens (tertiary/aromatic N) is 1. The molecule has 2 N–H and O–H groups in total. The number of amides is 1. The van der Waals surface area contributed by atoms with Crippen LogP contribution in [0.1, 0.15) is 23.1 Å². The molecule has 0 aliphatic carbocycles. The zero-order valence-corrected chi connectivity index (χ0v) is 14.9. The zero-order valence-electron chi connectivity index (χ0n) is 14.9. The normalized spacial score (nSPS) is 10.4. The lowest BCUT2D eigenvalue weighted by Crippen LogP contribution is -2.20. The topological polar surface area (TPSA) is 97.8 Å². The molecule has 138 valence electrons. The molecule has 0 fully saturated rings. The first-order chi connectivity index (χ1) is 13.0. The lowest BCUT2D eigenvalue weighted by Gasteiger charge is -2.13. The number of methoxy groups -OCH3 is 1. The van der Waals surface area contributed by atoms with E-state index in [0.29, 0.717) is 28.0 Å². The number of esters is 1. The first kappa shape index (κ1) is 18.2. The van der Waals surface area contributed by atoms with Crippen molar-refractivity contribution in [3.8, 4) is 17.2 Å². The van der Waals surface area contributed by atoms with Gasteiger partial charge in [0.1, 0.15) is 11.5 Å². The van der Waals surface area contributed by atoms with Gasteiger partial charge in [-0.1, -0.05) is 18.2 Å². The number of benzene rings is 2. The molecule has 2 aromatic carbocycles. The monoisotopic (exact) mass is 366 g/mol. The number of nitrogens with one attached hydrogen (secondary N) is 1. The molecule has 0 bridgehead atoms. The van der Waals surface area contributed by atoms with Crippen LogP contribution >= 0.6 is 0 Å². The van der Waals surface area contributed by atoms with Crippen LogP contribution in [0.15, 0.2) is 48.5 Å². The van der Waals surface area contributed by atoms with Gasteiger partial charge in [-0.3, -0.25) is 4.79 Å². The second kappa shape index (κ2) is 7.74. The molecule has 3 rings (SSSR count). The molecule has 0 saturated heterocycles.